The fourth-order valence-corrected chi connectivity index (χ4v) is 3.69. The van der Waals surface area contributed by atoms with E-state index in [1.807, 2.05) is 19.9 Å². The maximum atomic E-state index is 12.3. The molecule has 3 aromatic rings. The smallest absolute Gasteiger partial charge is 0.359 e. The molecule has 8 nitrogen and oxygen atoms in total. The highest BCUT2D eigenvalue weighted by atomic mass is 32.1. The summed E-state index contributed by atoms with van der Waals surface area (Å²) in [6.07, 6.45) is 0. The summed E-state index contributed by atoms with van der Waals surface area (Å²) < 4.78 is 10.1. The van der Waals surface area contributed by atoms with Crippen LogP contribution in [0.2, 0.25) is 0 Å². The van der Waals surface area contributed by atoms with Crippen LogP contribution in [0.15, 0.2) is 30.3 Å². The summed E-state index contributed by atoms with van der Waals surface area (Å²) >= 11 is 1.29. The molecule has 2 heterocycles. The maximum absolute atomic E-state index is 12.3. The molecule has 9 heteroatoms. The molecular weight excluding hydrogens is 394 g/mol. The first-order chi connectivity index (χ1) is 13.9. The first-order valence-electron chi connectivity index (χ1n) is 9.11. The highest BCUT2D eigenvalue weighted by Crippen LogP contribution is 2.33. The largest absolute Gasteiger partial charge is 0.462 e. The van der Waals surface area contributed by atoms with Crippen LogP contribution in [0.1, 0.15) is 52.4 Å². The quantitative estimate of drug-likeness (QED) is 0.569. The average molecular weight is 415 g/mol. The van der Waals surface area contributed by atoms with Gasteiger partial charge in [0.2, 0.25) is 0 Å². The molecule has 152 valence electrons. The van der Waals surface area contributed by atoms with Gasteiger partial charge in [-0.25, -0.2) is 9.59 Å². The average Bonchev–Trinajstić information content (AvgIpc) is 3.31. The van der Waals surface area contributed by atoms with Crippen LogP contribution in [-0.4, -0.2) is 41.3 Å². The van der Waals surface area contributed by atoms with E-state index in [1.54, 1.807) is 31.2 Å². The summed E-state index contributed by atoms with van der Waals surface area (Å²) in [5.41, 5.74) is 1.10. The molecule has 0 aliphatic carbocycles. The second-order valence-electron chi connectivity index (χ2n) is 6.51. The number of ether oxygens (including phenoxy) is 2. The number of thiophene rings is 1. The van der Waals surface area contributed by atoms with Crippen LogP contribution in [0.4, 0.5) is 5.00 Å². The van der Waals surface area contributed by atoms with E-state index in [0.29, 0.717) is 21.5 Å². The SMILES string of the molecule is CCOC(=O)c1cc(C(C)C)sc1NC(=O)COC(=O)c1n[nH]c2ccccc12. The Morgan fingerprint density at radius 3 is 2.66 bits per heavy atom. The third-order valence-corrected chi connectivity index (χ3v) is 5.42. The van der Waals surface area contributed by atoms with E-state index < -0.39 is 24.5 Å². The van der Waals surface area contributed by atoms with Crippen molar-refractivity contribution in [1.82, 2.24) is 10.2 Å². The molecule has 0 spiro atoms. The van der Waals surface area contributed by atoms with Crippen LogP contribution in [0, 0.1) is 0 Å². The zero-order chi connectivity index (χ0) is 21.0. The number of amides is 1. The van der Waals surface area contributed by atoms with Gasteiger partial charge in [-0.15, -0.1) is 11.3 Å². The lowest BCUT2D eigenvalue weighted by atomic mass is 10.1. The van der Waals surface area contributed by atoms with Crippen molar-refractivity contribution in [3.8, 4) is 0 Å². The number of carbonyl (C=O) groups is 3. The standard InChI is InChI=1S/C20H21N3O5S/c1-4-27-19(25)13-9-15(11(2)3)29-18(13)21-16(24)10-28-20(26)17-12-7-5-6-8-14(12)22-23-17/h5-9,11H,4,10H2,1-3H3,(H,21,24)(H,22,23). The highest BCUT2D eigenvalue weighted by molar-refractivity contribution is 7.16. The Morgan fingerprint density at radius 2 is 1.93 bits per heavy atom. The Kier molecular flexibility index (Phi) is 6.28. The van der Waals surface area contributed by atoms with E-state index in [0.717, 1.165) is 4.88 Å². The minimum absolute atomic E-state index is 0.110. The molecule has 0 unspecified atom stereocenters. The summed E-state index contributed by atoms with van der Waals surface area (Å²) in [5.74, 6) is -1.59. The van der Waals surface area contributed by atoms with Gasteiger partial charge in [0.25, 0.3) is 5.91 Å². The molecule has 0 radical (unpaired) electrons. The lowest BCUT2D eigenvalue weighted by Gasteiger charge is -2.06. The Morgan fingerprint density at radius 1 is 1.17 bits per heavy atom. The van der Waals surface area contributed by atoms with Crippen molar-refractivity contribution in [3.63, 3.8) is 0 Å². The van der Waals surface area contributed by atoms with Gasteiger partial charge in [-0.1, -0.05) is 32.0 Å². The number of carbonyl (C=O) groups excluding carboxylic acids is 3. The summed E-state index contributed by atoms with van der Waals surface area (Å²) in [7, 11) is 0. The summed E-state index contributed by atoms with van der Waals surface area (Å²) in [6, 6.07) is 8.83. The zero-order valence-electron chi connectivity index (χ0n) is 16.3. The second kappa shape index (κ2) is 8.87. The minimum atomic E-state index is -0.711. The van der Waals surface area contributed by atoms with Crippen LogP contribution in [0.5, 0.6) is 0 Å². The van der Waals surface area contributed by atoms with E-state index in [1.165, 1.54) is 11.3 Å². The normalized spacial score (nSPS) is 10.9. The zero-order valence-corrected chi connectivity index (χ0v) is 17.1. The molecule has 1 amide bonds. The molecule has 0 bridgehead atoms. The number of aromatic nitrogens is 2. The van der Waals surface area contributed by atoms with E-state index >= 15 is 0 Å². The molecule has 29 heavy (non-hydrogen) atoms. The third-order valence-electron chi connectivity index (χ3n) is 4.07. The Hall–Kier alpha value is -3.20. The van der Waals surface area contributed by atoms with Gasteiger partial charge >= 0.3 is 11.9 Å². The predicted molar refractivity (Wildman–Crippen MR) is 109 cm³/mol. The highest BCUT2D eigenvalue weighted by Gasteiger charge is 2.21. The fraction of sp³-hybridized carbons (Fsp3) is 0.300. The Balaban J connectivity index is 1.67. The Bertz CT molecular complexity index is 1050. The topological polar surface area (TPSA) is 110 Å². The van der Waals surface area contributed by atoms with Crippen molar-refractivity contribution in [1.29, 1.82) is 0 Å². The number of H-pyrrole nitrogens is 1. The number of benzene rings is 1. The number of aromatic amines is 1. The molecule has 0 aliphatic rings. The minimum Gasteiger partial charge on any atom is -0.462 e. The van der Waals surface area contributed by atoms with Crippen molar-refractivity contribution in [3.05, 3.63) is 46.5 Å². The number of hydrogen-bond donors (Lipinski definition) is 2. The van der Waals surface area contributed by atoms with Crippen LogP contribution in [0.25, 0.3) is 10.9 Å². The van der Waals surface area contributed by atoms with Crippen molar-refractivity contribution in [2.45, 2.75) is 26.7 Å². The molecule has 1 aromatic carbocycles. The van der Waals surface area contributed by atoms with Crippen LogP contribution in [-0.2, 0) is 14.3 Å². The molecule has 0 saturated carbocycles. The molecule has 0 fully saturated rings. The predicted octanol–water partition coefficient (Wildman–Crippen LogP) is 3.72. The van der Waals surface area contributed by atoms with Gasteiger partial charge in [0.05, 0.1) is 17.7 Å². The molecule has 2 N–H and O–H groups in total. The molecular formula is C20H21N3O5S. The molecule has 0 aliphatic heterocycles. The number of nitrogens with zero attached hydrogens (tertiary/aromatic N) is 1. The monoisotopic (exact) mass is 415 g/mol. The van der Waals surface area contributed by atoms with Gasteiger partial charge < -0.3 is 14.8 Å². The van der Waals surface area contributed by atoms with Crippen molar-refractivity contribution in [2.24, 2.45) is 0 Å². The first kappa shape index (κ1) is 20.5. The van der Waals surface area contributed by atoms with Crippen molar-refractivity contribution >= 4 is 45.1 Å². The fourth-order valence-electron chi connectivity index (χ4n) is 2.63. The van der Waals surface area contributed by atoms with Crippen LogP contribution in [0.3, 0.4) is 0 Å². The number of fused-ring (bicyclic) bond motifs is 1. The summed E-state index contributed by atoms with van der Waals surface area (Å²) in [4.78, 5) is 37.7. The van der Waals surface area contributed by atoms with Gasteiger partial charge in [0.1, 0.15) is 5.00 Å². The van der Waals surface area contributed by atoms with Crippen molar-refractivity contribution in [2.75, 3.05) is 18.5 Å². The number of para-hydroxylation sites is 1. The maximum Gasteiger partial charge on any atom is 0.359 e. The van der Waals surface area contributed by atoms with E-state index in [4.69, 9.17) is 9.47 Å². The number of rotatable bonds is 7. The number of esters is 2. The van der Waals surface area contributed by atoms with Crippen LogP contribution < -0.4 is 5.32 Å². The van der Waals surface area contributed by atoms with Gasteiger partial charge in [0.15, 0.2) is 12.3 Å². The number of nitrogens with one attached hydrogen (secondary N) is 2. The number of hydrogen-bond acceptors (Lipinski definition) is 7. The molecule has 2 aromatic heterocycles. The van der Waals surface area contributed by atoms with Gasteiger partial charge in [-0.2, -0.15) is 5.10 Å². The molecule has 0 atom stereocenters. The Labute approximate surface area is 171 Å². The van der Waals surface area contributed by atoms with Gasteiger partial charge in [-0.3, -0.25) is 9.89 Å². The lowest BCUT2D eigenvalue weighted by Crippen LogP contribution is -2.21. The van der Waals surface area contributed by atoms with Gasteiger partial charge in [-0.05, 0) is 25.0 Å². The lowest BCUT2D eigenvalue weighted by molar-refractivity contribution is -0.119. The van der Waals surface area contributed by atoms with Crippen LogP contribution >= 0.6 is 11.3 Å². The third kappa shape index (κ3) is 4.62. The van der Waals surface area contributed by atoms with E-state index in [2.05, 4.69) is 15.5 Å². The van der Waals surface area contributed by atoms with Crippen molar-refractivity contribution < 1.29 is 23.9 Å². The molecule has 0 saturated heterocycles. The number of anilines is 1. The first-order valence-corrected chi connectivity index (χ1v) is 9.93. The van der Waals surface area contributed by atoms with E-state index in [-0.39, 0.29) is 18.2 Å². The molecule has 3 rings (SSSR count). The summed E-state index contributed by atoms with van der Waals surface area (Å²) in [5, 5.41) is 10.3. The van der Waals surface area contributed by atoms with E-state index in [9.17, 15) is 14.4 Å². The van der Waals surface area contributed by atoms with Gasteiger partial charge in [0, 0.05) is 10.3 Å². The second-order valence-corrected chi connectivity index (χ2v) is 7.59. The summed E-state index contributed by atoms with van der Waals surface area (Å²) in [6.45, 7) is 5.42.